The standard InChI is InChI=1S/C20H25N3O3S/c1-6-25-16-9-8-14(10-17(16)26-7-2)12(3)21-19(24)18-11-15-13(4)22-23(5)20(15)27-18/h8-12H,6-7H2,1-5H3,(H,21,24). The SMILES string of the molecule is CCOc1ccc(C(C)NC(=O)c2cc3c(C)nn(C)c3s2)cc1OCC. The second kappa shape index (κ2) is 8.00. The Labute approximate surface area is 163 Å². The highest BCUT2D eigenvalue weighted by molar-refractivity contribution is 7.20. The van der Waals surface area contributed by atoms with Crippen molar-refractivity contribution in [3.05, 3.63) is 40.4 Å². The number of carbonyl (C=O) groups is 1. The summed E-state index contributed by atoms with van der Waals surface area (Å²) in [5, 5.41) is 8.48. The number of aryl methyl sites for hydroxylation is 2. The smallest absolute Gasteiger partial charge is 0.261 e. The zero-order valence-corrected chi connectivity index (χ0v) is 17.1. The van der Waals surface area contributed by atoms with Gasteiger partial charge in [0.1, 0.15) is 4.83 Å². The van der Waals surface area contributed by atoms with Crippen LogP contribution in [0, 0.1) is 6.92 Å². The summed E-state index contributed by atoms with van der Waals surface area (Å²) in [5.41, 5.74) is 1.90. The van der Waals surface area contributed by atoms with Crippen LogP contribution >= 0.6 is 11.3 Å². The molecule has 1 N–H and O–H groups in total. The van der Waals surface area contributed by atoms with E-state index in [1.165, 1.54) is 11.3 Å². The minimum Gasteiger partial charge on any atom is -0.490 e. The average molecular weight is 388 g/mol. The van der Waals surface area contributed by atoms with Gasteiger partial charge in [-0.3, -0.25) is 9.48 Å². The van der Waals surface area contributed by atoms with Crippen LogP contribution in [0.2, 0.25) is 0 Å². The Bertz CT molecular complexity index is 926. The van der Waals surface area contributed by atoms with Crippen molar-refractivity contribution in [1.29, 1.82) is 0 Å². The molecule has 0 saturated heterocycles. The first-order valence-electron chi connectivity index (χ1n) is 9.08. The van der Waals surface area contributed by atoms with Crippen molar-refractivity contribution in [3.63, 3.8) is 0 Å². The molecule has 0 bridgehead atoms. The lowest BCUT2D eigenvalue weighted by Gasteiger charge is -2.17. The van der Waals surface area contributed by atoms with Crippen molar-refractivity contribution in [1.82, 2.24) is 15.1 Å². The van der Waals surface area contributed by atoms with Crippen molar-refractivity contribution in [2.75, 3.05) is 13.2 Å². The third kappa shape index (κ3) is 3.93. The summed E-state index contributed by atoms with van der Waals surface area (Å²) in [6.45, 7) is 8.92. The fourth-order valence-electron chi connectivity index (χ4n) is 3.01. The Balaban J connectivity index is 1.78. The predicted molar refractivity (Wildman–Crippen MR) is 108 cm³/mol. The van der Waals surface area contributed by atoms with Gasteiger partial charge in [0.05, 0.1) is 29.8 Å². The molecule has 1 amide bonds. The van der Waals surface area contributed by atoms with E-state index in [2.05, 4.69) is 10.4 Å². The molecule has 1 atom stereocenters. The van der Waals surface area contributed by atoms with E-state index in [0.717, 1.165) is 21.5 Å². The fourth-order valence-corrected chi connectivity index (χ4v) is 4.03. The summed E-state index contributed by atoms with van der Waals surface area (Å²) in [6, 6.07) is 7.53. The molecule has 3 aromatic rings. The van der Waals surface area contributed by atoms with Gasteiger partial charge in [0.25, 0.3) is 5.91 Å². The van der Waals surface area contributed by atoms with Crippen LogP contribution in [0.15, 0.2) is 24.3 Å². The summed E-state index contributed by atoms with van der Waals surface area (Å²) >= 11 is 1.45. The molecule has 144 valence electrons. The molecule has 0 saturated carbocycles. The highest BCUT2D eigenvalue weighted by Crippen LogP contribution is 2.31. The molecule has 0 aliphatic heterocycles. The largest absolute Gasteiger partial charge is 0.490 e. The molecule has 7 heteroatoms. The molecule has 0 radical (unpaired) electrons. The number of amides is 1. The Hall–Kier alpha value is -2.54. The Morgan fingerprint density at radius 3 is 2.59 bits per heavy atom. The summed E-state index contributed by atoms with van der Waals surface area (Å²) in [4.78, 5) is 14.4. The third-order valence-corrected chi connectivity index (χ3v) is 5.54. The van der Waals surface area contributed by atoms with Crippen LogP contribution in [0.3, 0.4) is 0 Å². The Morgan fingerprint density at radius 2 is 1.93 bits per heavy atom. The molecule has 0 aliphatic carbocycles. The average Bonchev–Trinajstić information content (AvgIpc) is 3.19. The number of rotatable bonds is 7. The summed E-state index contributed by atoms with van der Waals surface area (Å²) in [7, 11) is 1.89. The number of aromatic nitrogens is 2. The first kappa shape index (κ1) is 19.2. The first-order valence-corrected chi connectivity index (χ1v) is 9.89. The molecule has 2 heterocycles. The molecular formula is C20H25N3O3S. The van der Waals surface area contributed by atoms with Gasteiger partial charge in [-0.2, -0.15) is 5.10 Å². The van der Waals surface area contributed by atoms with Gasteiger partial charge in [-0.15, -0.1) is 11.3 Å². The number of nitrogens with one attached hydrogen (secondary N) is 1. The zero-order valence-electron chi connectivity index (χ0n) is 16.3. The molecule has 0 fully saturated rings. The molecule has 0 aliphatic rings. The highest BCUT2D eigenvalue weighted by Gasteiger charge is 2.18. The van der Waals surface area contributed by atoms with Crippen molar-refractivity contribution in [3.8, 4) is 11.5 Å². The number of hydrogen-bond acceptors (Lipinski definition) is 5. The predicted octanol–water partition coefficient (Wildman–Crippen LogP) is 4.23. The molecule has 1 unspecified atom stereocenters. The van der Waals surface area contributed by atoms with Crippen LogP contribution in [0.5, 0.6) is 11.5 Å². The van der Waals surface area contributed by atoms with E-state index in [1.54, 1.807) is 0 Å². The molecule has 1 aromatic carbocycles. The molecule has 3 rings (SSSR count). The lowest BCUT2D eigenvalue weighted by Crippen LogP contribution is -2.25. The lowest BCUT2D eigenvalue weighted by atomic mass is 10.1. The van der Waals surface area contributed by atoms with Crippen LogP contribution in [0.25, 0.3) is 10.2 Å². The van der Waals surface area contributed by atoms with Crippen LogP contribution in [-0.4, -0.2) is 28.9 Å². The second-order valence-electron chi connectivity index (χ2n) is 6.31. The summed E-state index contributed by atoms with van der Waals surface area (Å²) in [6.07, 6.45) is 0. The first-order chi connectivity index (χ1) is 12.9. The highest BCUT2D eigenvalue weighted by atomic mass is 32.1. The van der Waals surface area contributed by atoms with E-state index in [1.807, 2.05) is 63.7 Å². The quantitative estimate of drug-likeness (QED) is 0.659. The molecular weight excluding hydrogens is 362 g/mol. The van der Waals surface area contributed by atoms with Gasteiger partial charge < -0.3 is 14.8 Å². The van der Waals surface area contributed by atoms with Gasteiger partial charge in [0, 0.05) is 12.4 Å². The van der Waals surface area contributed by atoms with Gasteiger partial charge in [-0.25, -0.2) is 0 Å². The van der Waals surface area contributed by atoms with E-state index < -0.39 is 0 Å². The van der Waals surface area contributed by atoms with E-state index in [4.69, 9.17) is 9.47 Å². The Morgan fingerprint density at radius 1 is 1.22 bits per heavy atom. The maximum absolute atomic E-state index is 12.7. The molecule has 0 spiro atoms. The van der Waals surface area contributed by atoms with E-state index in [9.17, 15) is 4.79 Å². The third-order valence-electron chi connectivity index (χ3n) is 4.34. The van der Waals surface area contributed by atoms with Crippen molar-refractivity contribution in [2.45, 2.75) is 33.7 Å². The minimum atomic E-state index is -0.156. The van der Waals surface area contributed by atoms with Crippen molar-refractivity contribution >= 4 is 27.5 Å². The normalized spacial score (nSPS) is 12.2. The summed E-state index contributed by atoms with van der Waals surface area (Å²) < 4.78 is 13.1. The number of benzene rings is 1. The van der Waals surface area contributed by atoms with Gasteiger partial charge >= 0.3 is 0 Å². The number of nitrogens with zero attached hydrogens (tertiary/aromatic N) is 2. The lowest BCUT2D eigenvalue weighted by molar-refractivity contribution is 0.0944. The van der Waals surface area contributed by atoms with Gasteiger partial charge in [0.15, 0.2) is 11.5 Å². The van der Waals surface area contributed by atoms with E-state index >= 15 is 0 Å². The van der Waals surface area contributed by atoms with Crippen LogP contribution in [0.4, 0.5) is 0 Å². The van der Waals surface area contributed by atoms with E-state index in [-0.39, 0.29) is 11.9 Å². The minimum absolute atomic E-state index is 0.0880. The number of ether oxygens (including phenoxy) is 2. The van der Waals surface area contributed by atoms with Gasteiger partial charge in [0.2, 0.25) is 0 Å². The molecule has 27 heavy (non-hydrogen) atoms. The van der Waals surface area contributed by atoms with Crippen molar-refractivity contribution in [2.24, 2.45) is 7.05 Å². The molecule has 6 nitrogen and oxygen atoms in total. The number of hydrogen-bond donors (Lipinski definition) is 1. The fraction of sp³-hybridized carbons (Fsp3) is 0.400. The number of fused-ring (bicyclic) bond motifs is 1. The van der Waals surface area contributed by atoms with Crippen LogP contribution in [-0.2, 0) is 7.05 Å². The van der Waals surface area contributed by atoms with Crippen LogP contribution in [0.1, 0.15) is 47.7 Å². The maximum Gasteiger partial charge on any atom is 0.261 e. The van der Waals surface area contributed by atoms with Crippen LogP contribution < -0.4 is 14.8 Å². The number of thiophene rings is 1. The second-order valence-corrected chi connectivity index (χ2v) is 7.34. The molecule has 2 aromatic heterocycles. The maximum atomic E-state index is 12.7. The topological polar surface area (TPSA) is 65.4 Å². The van der Waals surface area contributed by atoms with Gasteiger partial charge in [-0.05, 0) is 51.5 Å². The number of carbonyl (C=O) groups excluding carboxylic acids is 1. The van der Waals surface area contributed by atoms with Gasteiger partial charge in [-0.1, -0.05) is 6.07 Å². The van der Waals surface area contributed by atoms with E-state index in [0.29, 0.717) is 29.6 Å². The monoisotopic (exact) mass is 387 g/mol. The Kier molecular flexibility index (Phi) is 5.70. The zero-order chi connectivity index (χ0) is 19.6. The summed E-state index contributed by atoms with van der Waals surface area (Å²) in [5.74, 6) is 1.32. The van der Waals surface area contributed by atoms with Crippen molar-refractivity contribution < 1.29 is 14.3 Å².